The van der Waals surface area contributed by atoms with E-state index >= 15 is 0 Å². The van der Waals surface area contributed by atoms with E-state index in [0.29, 0.717) is 24.7 Å². The van der Waals surface area contributed by atoms with Crippen molar-refractivity contribution >= 4 is 23.5 Å². The number of esters is 1. The van der Waals surface area contributed by atoms with Gasteiger partial charge in [0, 0.05) is 0 Å². The zero-order valence-corrected chi connectivity index (χ0v) is 13.6. The van der Waals surface area contributed by atoms with Crippen molar-refractivity contribution in [2.75, 3.05) is 13.2 Å². The predicted octanol–water partition coefficient (Wildman–Crippen LogP) is 2.56. The van der Waals surface area contributed by atoms with Crippen LogP contribution in [0.5, 0.6) is 11.5 Å². The Hall–Kier alpha value is -1.95. The maximum absolute atomic E-state index is 12.0. The first kappa shape index (κ1) is 18.1. The van der Waals surface area contributed by atoms with Crippen LogP contribution in [0.15, 0.2) is 12.1 Å². The number of carbonyl (C=O) groups is 2. The average Bonchev–Trinajstić information content (AvgIpc) is 2.46. The molecule has 1 rings (SSSR count). The lowest BCUT2D eigenvalue weighted by atomic mass is 10.2. The van der Waals surface area contributed by atoms with Gasteiger partial charge >= 0.3 is 5.97 Å². The third-order valence-corrected chi connectivity index (χ3v) is 2.96. The second-order valence-electron chi connectivity index (χ2n) is 4.52. The molecule has 0 heterocycles. The van der Waals surface area contributed by atoms with E-state index in [4.69, 9.17) is 31.5 Å². The molecule has 0 unspecified atom stereocenters. The molecule has 0 aliphatic heterocycles. The first-order chi connectivity index (χ1) is 10.4. The highest BCUT2D eigenvalue weighted by molar-refractivity contribution is 6.32. The number of nitrogens with two attached hydrogens (primary N) is 1. The largest absolute Gasteiger partial charge is 0.490 e. The van der Waals surface area contributed by atoms with Crippen molar-refractivity contribution in [3.63, 3.8) is 0 Å². The molecule has 122 valence electrons. The van der Waals surface area contributed by atoms with Gasteiger partial charge < -0.3 is 19.9 Å². The minimum atomic E-state index is -1.03. The van der Waals surface area contributed by atoms with Crippen molar-refractivity contribution in [3.8, 4) is 11.5 Å². The number of rotatable bonds is 8. The van der Waals surface area contributed by atoms with Gasteiger partial charge in [-0.15, -0.1) is 0 Å². The standard InChI is InChI=1S/C15H20ClNO5/c1-4-6-21-13-11(16)7-10(8-12(13)20-5-2)15(19)22-9(3)14(17)18/h7-9H,4-6H2,1-3H3,(H2,17,18)/t9-/m0/s1. The van der Waals surface area contributed by atoms with E-state index < -0.39 is 18.0 Å². The van der Waals surface area contributed by atoms with E-state index in [2.05, 4.69) is 0 Å². The molecule has 0 bridgehead atoms. The normalized spacial score (nSPS) is 11.6. The summed E-state index contributed by atoms with van der Waals surface area (Å²) in [4.78, 5) is 23.0. The summed E-state index contributed by atoms with van der Waals surface area (Å²) < 4.78 is 15.9. The third kappa shape index (κ3) is 4.80. The summed E-state index contributed by atoms with van der Waals surface area (Å²) >= 11 is 6.14. The topological polar surface area (TPSA) is 87.9 Å². The lowest BCUT2D eigenvalue weighted by Gasteiger charge is -2.15. The molecular weight excluding hydrogens is 310 g/mol. The molecule has 2 N–H and O–H groups in total. The van der Waals surface area contributed by atoms with Gasteiger partial charge in [0.25, 0.3) is 5.91 Å². The number of hydrogen-bond donors (Lipinski definition) is 1. The molecule has 0 radical (unpaired) electrons. The van der Waals surface area contributed by atoms with Gasteiger partial charge in [0.2, 0.25) is 0 Å². The molecule has 0 saturated carbocycles. The Morgan fingerprint density at radius 1 is 1.27 bits per heavy atom. The summed E-state index contributed by atoms with van der Waals surface area (Å²) in [5.41, 5.74) is 5.22. The Kier molecular flexibility index (Phi) is 6.98. The van der Waals surface area contributed by atoms with Crippen LogP contribution in [-0.2, 0) is 9.53 Å². The Balaban J connectivity index is 3.06. The number of halogens is 1. The van der Waals surface area contributed by atoms with Gasteiger partial charge in [-0.2, -0.15) is 0 Å². The fourth-order valence-corrected chi connectivity index (χ4v) is 1.84. The third-order valence-electron chi connectivity index (χ3n) is 2.68. The zero-order chi connectivity index (χ0) is 16.7. The van der Waals surface area contributed by atoms with E-state index in [1.165, 1.54) is 19.1 Å². The summed E-state index contributed by atoms with van der Waals surface area (Å²) in [7, 11) is 0. The zero-order valence-electron chi connectivity index (χ0n) is 12.8. The van der Waals surface area contributed by atoms with Gasteiger partial charge in [-0.05, 0) is 32.4 Å². The molecule has 1 aromatic rings. The van der Waals surface area contributed by atoms with Crippen LogP contribution in [-0.4, -0.2) is 31.2 Å². The molecule has 6 nitrogen and oxygen atoms in total. The molecule has 0 fully saturated rings. The smallest absolute Gasteiger partial charge is 0.339 e. The fourth-order valence-electron chi connectivity index (χ4n) is 1.58. The summed E-state index contributed by atoms with van der Waals surface area (Å²) in [6.07, 6.45) is -0.222. The first-order valence-corrected chi connectivity index (χ1v) is 7.37. The van der Waals surface area contributed by atoms with Crippen molar-refractivity contribution in [1.82, 2.24) is 0 Å². The molecule has 1 amide bonds. The summed E-state index contributed by atoms with van der Waals surface area (Å²) in [5, 5.41) is 0.234. The van der Waals surface area contributed by atoms with Gasteiger partial charge in [-0.3, -0.25) is 4.79 Å². The van der Waals surface area contributed by atoms with Crippen molar-refractivity contribution < 1.29 is 23.8 Å². The van der Waals surface area contributed by atoms with E-state index in [1.54, 1.807) is 6.92 Å². The van der Waals surface area contributed by atoms with Crippen LogP contribution in [0.3, 0.4) is 0 Å². The highest BCUT2D eigenvalue weighted by atomic mass is 35.5. The molecule has 1 aromatic carbocycles. The van der Waals surface area contributed by atoms with Crippen LogP contribution < -0.4 is 15.2 Å². The highest BCUT2D eigenvalue weighted by Gasteiger charge is 2.20. The van der Waals surface area contributed by atoms with E-state index in [9.17, 15) is 9.59 Å². The average molecular weight is 330 g/mol. The minimum Gasteiger partial charge on any atom is -0.490 e. The molecule has 7 heteroatoms. The summed E-state index contributed by atoms with van der Waals surface area (Å²) in [6.45, 7) is 6.02. The van der Waals surface area contributed by atoms with Gasteiger partial charge in [-0.25, -0.2) is 4.79 Å². The number of hydrogen-bond acceptors (Lipinski definition) is 5. The van der Waals surface area contributed by atoms with E-state index in [0.717, 1.165) is 6.42 Å². The van der Waals surface area contributed by atoms with Crippen LogP contribution in [0, 0.1) is 0 Å². The molecule has 1 atom stereocenters. The maximum Gasteiger partial charge on any atom is 0.339 e. The molecule has 0 saturated heterocycles. The van der Waals surface area contributed by atoms with Gasteiger partial charge in [-0.1, -0.05) is 18.5 Å². The van der Waals surface area contributed by atoms with Crippen LogP contribution in [0.2, 0.25) is 5.02 Å². The SMILES string of the molecule is CCCOc1c(Cl)cc(C(=O)O[C@@H](C)C(N)=O)cc1OCC. The predicted molar refractivity (Wildman–Crippen MR) is 82.5 cm³/mol. The Morgan fingerprint density at radius 2 is 1.95 bits per heavy atom. The number of ether oxygens (including phenoxy) is 3. The van der Waals surface area contributed by atoms with E-state index in [1.807, 2.05) is 6.92 Å². The second kappa shape index (κ2) is 8.48. The van der Waals surface area contributed by atoms with Crippen LogP contribution in [0.1, 0.15) is 37.6 Å². The Morgan fingerprint density at radius 3 is 2.50 bits per heavy atom. The minimum absolute atomic E-state index is 0.158. The van der Waals surface area contributed by atoms with Crippen LogP contribution in [0.4, 0.5) is 0 Å². The fraction of sp³-hybridized carbons (Fsp3) is 0.467. The Labute approximate surface area is 134 Å². The van der Waals surface area contributed by atoms with Crippen molar-refractivity contribution in [2.24, 2.45) is 5.73 Å². The monoisotopic (exact) mass is 329 g/mol. The molecule has 0 aliphatic carbocycles. The molecule has 0 spiro atoms. The number of carbonyl (C=O) groups excluding carboxylic acids is 2. The van der Waals surface area contributed by atoms with Crippen molar-refractivity contribution in [2.45, 2.75) is 33.3 Å². The van der Waals surface area contributed by atoms with Crippen LogP contribution >= 0.6 is 11.6 Å². The van der Waals surface area contributed by atoms with Gasteiger partial charge in [0.1, 0.15) is 0 Å². The first-order valence-electron chi connectivity index (χ1n) is 7.00. The van der Waals surface area contributed by atoms with E-state index in [-0.39, 0.29) is 10.6 Å². The van der Waals surface area contributed by atoms with Gasteiger partial charge in [0.15, 0.2) is 17.6 Å². The number of benzene rings is 1. The highest BCUT2D eigenvalue weighted by Crippen LogP contribution is 2.37. The Bertz CT molecular complexity index is 547. The molecule has 0 aromatic heterocycles. The number of primary amides is 1. The maximum atomic E-state index is 12.0. The quantitative estimate of drug-likeness (QED) is 0.740. The van der Waals surface area contributed by atoms with Crippen LogP contribution in [0.25, 0.3) is 0 Å². The lowest BCUT2D eigenvalue weighted by molar-refractivity contribution is -0.125. The second-order valence-corrected chi connectivity index (χ2v) is 4.92. The molecular formula is C15H20ClNO5. The number of amides is 1. The lowest BCUT2D eigenvalue weighted by Crippen LogP contribution is -2.30. The summed E-state index contributed by atoms with van der Waals surface area (Å²) in [6, 6.07) is 2.88. The van der Waals surface area contributed by atoms with Crippen molar-refractivity contribution in [1.29, 1.82) is 0 Å². The van der Waals surface area contributed by atoms with Gasteiger partial charge in [0.05, 0.1) is 23.8 Å². The molecule has 22 heavy (non-hydrogen) atoms. The molecule has 0 aliphatic rings. The van der Waals surface area contributed by atoms with Crippen molar-refractivity contribution in [3.05, 3.63) is 22.7 Å². The summed E-state index contributed by atoms with van der Waals surface area (Å²) in [5.74, 6) is -0.712.